The zero-order valence-electron chi connectivity index (χ0n) is 8.53. The third-order valence-electron chi connectivity index (χ3n) is 3.44. The summed E-state index contributed by atoms with van der Waals surface area (Å²) in [7, 11) is 0. The largest absolute Gasteiger partial charge is 0.0651 e. The third kappa shape index (κ3) is 1.77. The smallest absolute Gasteiger partial charge is 0.0128 e. The van der Waals surface area contributed by atoms with E-state index in [1.807, 2.05) is 0 Å². The van der Waals surface area contributed by atoms with Crippen molar-refractivity contribution in [1.29, 1.82) is 0 Å². The summed E-state index contributed by atoms with van der Waals surface area (Å²) in [4.78, 5) is 0. The van der Waals surface area contributed by atoms with Gasteiger partial charge in [0.15, 0.2) is 0 Å². The lowest BCUT2D eigenvalue weighted by Crippen LogP contribution is -1.96. The maximum absolute atomic E-state index is 2.38. The first kappa shape index (κ1) is 8.80. The standard InChI is InChI=1S/C13H18/c1-3-10(2)12-9-13(12)11-7-5-4-6-8-11/h4-8,10,12-13H,3,9H2,1-2H3. The average molecular weight is 174 g/mol. The quantitative estimate of drug-likeness (QED) is 0.653. The summed E-state index contributed by atoms with van der Waals surface area (Å²) >= 11 is 0. The molecule has 1 aromatic rings. The topological polar surface area (TPSA) is 0 Å². The van der Waals surface area contributed by atoms with E-state index in [-0.39, 0.29) is 0 Å². The highest BCUT2D eigenvalue weighted by molar-refractivity contribution is 5.25. The van der Waals surface area contributed by atoms with Crippen molar-refractivity contribution in [3.05, 3.63) is 35.9 Å². The summed E-state index contributed by atoms with van der Waals surface area (Å²) in [5.41, 5.74) is 1.55. The fourth-order valence-electron chi connectivity index (χ4n) is 2.23. The second kappa shape index (κ2) is 3.53. The molecular formula is C13H18. The van der Waals surface area contributed by atoms with E-state index in [4.69, 9.17) is 0 Å². The molecule has 0 N–H and O–H groups in total. The normalized spacial score (nSPS) is 28.5. The molecule has 3 unspecified atom stereocenters. The van der Waals surface area contributed by atoms with E-state index in [1.165, 1.54) is 12.8 Å². The van der Waals surface area contributed by atoms with Gasteiger partial charge in [-0.3, -0.25) is 0 Å². The Kier molecular flexibility index (Phi) is 2.39. The molecule has 1 aliphatic carbocycles. The minimum absolute atomic E-state index is 0.871. The second-order valence-corrected chi connectivity index (χ2v) is 4.30. The van der Waals surface area contributed by atoms with Crippen molar-refractivity contribution in [2.75, 3.05) is 0 Å². The molecule has 0 aromatic heterocycles. The Bertz CT molecular complexity index is 263. The molecule has 0 spiro atoms. The van der Waals surface area contributed by atoms with Gasteiger partial charge < -0.3 is 0 Å². The summed E-state index contributed by atoms with van der Waals surface area (Å²) in [6, 6.07) is 11.0. The van der Waals surface area contributed by atoms with Crippen LogP contribution in [0.4, 0.5) is 0 Å². The lowest BCUT2D eigenvalue weighted by molar-refractivity contribution is 0.482. The fourth-order valence-corrected chi connectivity index (χ4v) is 2.23. The van der Waals surface area contributed by atoms with Crippen molar-refractivity contribution < 1.29 is 0 Å². The van der Waals surface area contributed by atoms with E-state index >= 15 is 0 Å². The Morgan fingerprint density at radius 3 is 2.62 bits per heavy atom. The maximum Gasteiger partial charge on any atom is -0.0128 e. The van der Waals surface area contributed by atoms with E-state index in [0.29, 0.717) is 0 Å². The summed E-state index contributed by atoms with van der Waals surface area (Å²) in [6.45, 7) is 4.68. The molecule has 70 valence electrons. The molecule has 13 heavy (non-hydrogen) atoms. The minimum Gasteiger partial charge on any atom is -0.0651 e. The van der Waals surface area contributed by atoms with E-state index in [2.05, 4.69) is 44.2 Å². The number of rotatable bonds is 3. The number of hydrogen-bond acceptors (Lipinski definition) is 0. The molecule has 0 saturated heterocycles. The Balaban J connectivity index is 2.00. The average Bonchev–Trinajstić information content (AvgIpc) is 2.98. The van der Waals surface area contributed by atoms with Crippen molar-refractivity contribution >= 4 is 0 Å². The van der Waals surface area contributed by atoms with Crippen molar-refractivity contribution in [3.63, 3.8) is 0 Å². The van der Waals surface area contributed by atoms with Crippen LogP contribution in [0, 0.1) is 11.8 Å². The molecule has 1 aliphatic rings. The first-order chi connectivity index (χ1) is 6.33. The summed E-state index contributed by atoms with van der Waals surface area (Å²) < 4.78 is 0. The fraction of sp³-hybridized carbons (Fsp3) is 0.538. The number of hydrogen-bond donors (Lipinski definition) is 0. The van der Waals surface area contributed by atoms with E-state index in [0.717, 1.165) is 17.8 Å². The van der Waals surface area contributed by atoms with Gasteiger partial charge >= 0.3 is 0 Å². The van der Waals surface area contributed by atoms with Crippen molar-refractivity contribution in [2.24, 2.45) is 11.8 Å². The molecule has 2 rings (SSSR count). The third-order valence-corrected chi connectivity index (χ3v) is 3.44. The van der Waals surface area contributed by atoms with Crippen LogP contribution in [-0.4, -0.2) is 0 Å². The highest BCUT2D eigenvalue weighted by atomic mass is 14.4. The van der Waals surface area contributed by atoms with Crippen LogP contribution in [0.15, 0.2) is 30.3 Å². The van der Waals surface area contributed by atoms with Gasteiger partial charge in [0.25, 0.3) is 0 Å². The predicted molar refractivity (Wildman–Crippen MR) is 56.7 cm³/mol. The number of benzene rings is 1. The Hall–Kier alpha value is -0.780. The van der Waals surface area contributed by atoms with Crippen LogP contribution in [0.25, 0.3) is 0 Å². The first-order valence-electron chi connectivity index (χ1n) is 5.38. The summed E-state index contributed by atoms with van der Waals surface area (Å²) in [5, 5.41) is 0. The van der Waals surface area contributed by atoms with E-state index < -0.39 is 0 Å². The molecule has 0 bridgehead atoms. The van der Waals surface area contributed by atoms with Crippen LogP contribution in [0.1, 0.15) is 38.2 Å². The van der Waals surface area contributed by atoms with Crippen LogP contribution in [0.2, 0.25) is 0 Å². The SMILES string of the molecule is CCC(C)C1CC1c1ccccc1. The minimum atomic E-state index is 0.871. The van der Waals surface area contributed by atoms with Crippen LogP contribution in [0.3, 0.4) is 0 Å². The van der Waals surface area contributed by atoms with Gasteiger partial charge in [0.05, 0.1) is 0 Å². The molecule has 1 aromatic carbocycles. The highest BCUT2D eigenvalue weighted by Crippen LogP contribution is 2.52. The highest BCUT2D eigenvalue weighted by Gasteiger charge is 2.40. The Labute approximate surface area is 81.0 Å². The van der Waals surface area contributed by atoms with Crippen LogP contribution >= 0.6 is 0 Å². The molecule has 0 heteroatoms. The van der Waals surface area contributed by atoms with Crippen LogP contribution < -0.4 is 0 Å². The van der Waals surface area contributed by atoms with Gasteiger partial charge in [-0.2, -0.15) is 0 Å². The van der Waals surface area contributed by atoms with Gasteiger partial charge in [0.1, 0.15) is 0 Å². The molecule has 0 radical (unpaired) electrons. The van der Waals surface area contributed by atoms with E-state index in [9.17, 15) is 0 Å². The Morgan fingerprint density at radius 1 is 1.31 bits per heavy atom. The van der Waals surface area contributed by atoms with E-state index in [1.54, 1.807) is 5.56 Å². The van der Waals surface area contributed by atoms with Gasteiger partial charge in [0, 0.05) is 0 Å². The molecule has 3 atom stereocenters. The lowest BCUT2D eigenvalue weighted by atomic mass is 9.99. The van der Waals surface area contributed by atoms with Crippen molar-refractivity contribution in [2.45, 2.75) is 32.6 Å². The second-order valence-electron chi connectivity index (χ2n) is 4.30. The molecule has 1 saturated carbocycles. The molecular weight excluding hydrogens is 156 g/mol. The van der Waals surface area contributed by atoms with Crippen molar-refractivity contribution in [1.82, 2.24) is 0 Å². The zero-order valence-corrected chi connectivity index (χ0v) is 8.53. The van der Waals surface area contributed by atoms with Gasteiger partial charge in [-0.15, -0.1) is 0 Å². The zero-order chi connectivity index (χ0) is 9.26. The predicted octanol–water partition coefficient (Wildman–Crippen LogP) is 3.84. The lowest BCUT2D eigenvalue weighted by Gasteiger charge is -2.06. The first-order valence-corrected chi connectivity index (χ1v) is 5.38. The summed E-state index contributed by atoms with van der Waals surface area (Å²) in [5.74, 6) is 2.74. The summed E-state index contributed by atoms with van der Waals surface area (Å²) in [6.07, 6.45) is 2.74. The monoisotopic (exact) mass is 174 g/mol. The van der Waals surface area contributed by atoms with Gasteiger partial charge in [-0.1, -0.05) is 50.6 Å². The molecule has 0 heterocycles. The van der Waals surface area contributed by atoms with Crippen LogP contribution in [0.5, 0.6) is 0 Å². The van der Waals surface area contributed by atoms with Crippen LogP contribution in [-0.2, 0) is 0 Å². The Morgan fingerprint density at radius 2 is 2.00 bits per heavy atom. The van der Waals surface area contributed by atoms with Gasteiger partial charge in [-0.05, 0) is 29.7 Å². The van der Waals surface area contributed by atoms with Gasteiger partial charge in [0.2, 0.25) is 0 Å². The molecule has 0 nitrogen and oxygen atoms in total. The molecule has 0 aliphatic heterocycles. The molecule has 0 amide bonds. The van der Waals surface area contributed by atoms with Crippen molar-refractivity contribution in [3.8, 4) is 0 Å². The molecule has 1 fully saturated rings. The maximum atomic E-state index is 2.38. The van der Waals surface area contributed by atoms with Gasteiger partial charge in [-0.25, -0.2) is 0 Å².